The Labute approximate surface area is 231 Å². The molecule has 2 aromatic heterocycles. The van der Waals surface area contributed by atoms with Crippen molar-refractivity contribution in [1.82, 2.24) is 20.3 Å². The number of aryl methyl sites for hydroxylation is 1. The number of nitrogens with zero attached hydrogens (tertiary/aromatic N) is 2. The van der Waals surface area contributed by atoms with Gasteiger partial charge in [0, 0.05) is 58.4 Å². The number of halogens is 1. The first kappa shape index (κ1) is 24.3. The van der Waals surface area contributed by atoms with Crippen LogP contribution in [0.5, 0.6) is 0 Å². The minimum absolute atomic E-state index is 0.0931. The summed E-state index contributed by atoms with van der Waals surface area (Å²) in [6, 6.07) is 14.9. The SMILES string of the molecule is Cc1cc(NC(=O)C2CC2)cc(-c2cnc3c(c2)C(c2nc4c([nH]2)CC=CC=C4c2cccc(F)c2)=CNC3)c1. The Bertz CT molecular complexity index is 1760. The summed E-state index contributed by atoms with van der Waals surface area (Å²) in [5.41, 5.74) is 10.1. The predicted molar refractivity (Wildman–Crippen MR) is 155 cm³/mol. The van der Waals surface area contributed by atoms with Gasteiger partial charge in [-0.3, -0.25) is 9.78 Å². The molecule has 40 heavy (non-hydrogen) atoms. The van der Waals surface area contributed by atoms with Crippen LogP contribution in [-0.2, 0) is 17.8 Å². The number of aromatic nitrogens is 3. The molecule has 3 heterocycles. The van der Waals surface area contributed by atoms with Gasteiger partial charge in [-0.05, 0) is 66.8 Å². The number of nitrogens with one attached hydrogen (secondary N) is 3. The van der Waals surface area contributed by atoms with E-state index in [1.54, 1.807) is 12.1 Å². The Morgan fingerprint density at radius 1 is 1.05 bits per heavy atom. The van der Waals surface area contributed by atoms with Crippen molar-refractivity contribution < 1.29 is 9.18 Å². The lowest BCUT2D eigenvalue weighted by Gasteiger charge is -2.18. The number of hydrogen-bond donors (Lipinski definition) is 3. The van der Waals surface area contributed by atoms with Crippen molar-refractivity contribution in [2.75, 3.05) is 5.32 Å². The average molecular weight is 530 g/mol. The zero-order valence-electron chi connectivity index (χ0n) is 22.1. The molecule has 0 spiro atoms. The van der Waals surface area contributed by atoms with Crippen LogP contribution >= 0.6 is 0 Å². The van der Waals surface area contributed by atoms with Crippen LogP contribution in [0.15, 0.2) is 79.2 Å². The van der Waals surface area contributed by atoms with Crippen LogP contribution in [0.4, 0.5) is 10.1 Å². The fraction of sp³-hybridized carbons (Fsp3) is 0.182. The number of fused-ring (bicyclic) bond motifs is 2. The molecular weight excluding hydrogens is 501 g/mol. The molecule has 1 amide bonds. The lowest BCUT2D eigenvalue weighted by molar-refractivity contribution is -0.117. The first-order valence-corrected chi connectivity index (χ1v) is 13.6. The number of imidazole rings is 1. The standard InChI is InChI=1S/C33H28FN5O/c1-19-11-22(14-25(12-19)37-33(40)20-9-10-20)23-15-27-28(17-35-18-30(27)36-16-23)32-38-29-8-3-2-7-26(31(29)39-32)21-5-4-6-24(34)13-21/h2-7,11-17,20,35H,8-10,18H2,1H3,(H,37,40)(H,38,39). The molecule has 0 atom stereocenters. The highest BCUT2D eigenvalue weighted by Crippen LogP contribution is 2.35. The Morgan fingerprint density at radius 2 is 1.95 bits per heavy atom. The monoisotopic (exact) mass is 529 g/mol. The Hall–Kier alpha value is -4.78. The Kier molecular flexibility index (Phi) is 5.92. The number of anilines is 1. The van der Waals surface area contributed by atoms with E-state index in [0.29, 0.717) is 13.0 Å². The maximum absolute atomic E-state index is 14.1. The summed E-state index contributed by atoms with van der Waals surface area (Å²) in [7, 11) is 0. The van der Waals surface area contributed by atoms with E-state index in [9.17, 15) is 9.18 Å². The molecule has 0 unspecified atom stereocenters. The van der Waals surface area contributed by atoms with Gasteiger partial charge in [0.1, 0.15) is 11.6 Å². The maximum atomic E-state index is 14.1. The second-order valence-corrected chi connectivity index (χ2v) is 10.6. The maximum Gasteiger partial charge on any atom is 0.227 e. The van der Waals surface area contributed by atoms with Gasteiger partial charge >= 0.3 is 0 Å². The zero-order chi connectivity index (χ0) is 27.2. The smallest absolute Gasteiger partial charge is 0.227 e. The summed E-state index contributed by atoms with van der Waals surface area (Å²) in [5, 5.41) is 6.41. The van der Waals surface area contributed by atoms with Gasteiger partial charge in [-0.15, -0.1) is 0 Å². The number of carbonyl (C=O) groups is 1. The first-order valence-electron chi connectivity index (χ1n) is 13.6. The average Bonchev–Trinajstić information content (AvgIpc) is 3.76. The fourth-order valence-corrected chi connectivity index (χ4v) is 5.39. The number of amides is 1. The van der Waals surface area contributed by atoms with E-state index < -0.39 is 0 Å². The van der Waals surface area contributed by atoms with Gasteiger partial charge in [-0.25, -0.2) is 9.37 Å². The molecule has 1 fully saturated rings. The van der Waals surface area contributed by atoms with E-state index in [0.717, 1.165) is 80.4 Å². The van der Waals surface area contributed by atoms with E-state index >= 15 is 0 Å². The topological polar surface area (TPSA) is 82.7 Å². The summed E-state index contributed by atoms with van der Waals surface area (Å²) in [6.07, 6.45) is 12.5. The number of aromatic amines is 1. The molecule has 0 saturated heterocycles. The highest BCUT2D eigenvalue weighted by atomic mass is 19.1. The number of pyridine rings is 1. The van der Waals surface area contributed by atoms with Gasteiger partial charge in [0.05, 0.1) is 17.9 Å². The number of carbonyl (C=O) groups excluding carboxylic acids is 1. The van der Waals surface area contributed by atoms with Gasteiger partial charge in [-0.2, -0.15) is 0 Å². The lowest BCUT2D eigenvalue weighted by Crippen LogP contribution is -2.16. The first-order chi connectivity index (χ1) is 19.5. The normalized spacial score (nSPS) is 15.8. The Balaban J connectivity index is 1.25. The molecule has 198 valence electrons. The predicted octanol–water partition coefficient (Wildman–Crippen LogP) is 6.30. The van der Waals surface area contributed by atoms with Crippen molar-refractivity contribution in [3.63, 3.8) is 0 Å². The molecule has 1 aliphatic heterocycles. The summed E-state index contributed by atoms with van der Waals surface area (Å²) in [5.74, 6) is 0.693. The van der Waals surface area contributed by atoms with Crippen molar-refractivity contribution in [2.24, 2.45) is 5.92 Å². The molecule has 2 aliphatic carbocycles. The van der Waals surface area contributed by atoms with Crippen molar-refractivity contribution in [3.8, 4) is 11.1 Å². The number of H-pyrrole nitrogens is 1. The van der Waals surface area contributed by atoms with Crippen LogP contribution < -0.4 is 10.6 Å². The minimum Gasteiger partial charge on any atom is -0.385 e. The molecule has 3 N–H and O–H groups in total. The minimum atomic E-state index is -0.276. The third kappa shape index (κ3) is 4.64. The van der Waals surface area contributed by atoms with E-state index in [1.807, 2.05) is 49.7 Å². The third-order valence-corrected chi connectivity index (χ3v) is 7.55. The van der Waals surface area contributed by atoms with Crippen LogP contribution in [-0.4, -0.2) is 20.9 Å². The number of benzene rings is 2. The van der Waals surface area contributed by atoms with Crippen molar-refractivity contribution in [2.45, 2.75) is 32.7 Å². The lowest BCUT2D eigenvalue weighted by atomic mass is 9.96. The van der Waals surface area contributed by atoms with Crippen LogP contribution in [0.1, 0.15) is 52.4 Å². The van der Waals surface area contributed by atoms with Crippen molar-refractivity contribution in [3.05, 3.63) is 125 Å². The van der Waals surface area contributed by atoms with E-state index in [1.165, 1.54) is 6.07 Å². The van der Waals surface area contributed by atoms with Gasteiger partial charge in [0.25, 0.3) is 0 Å². The molecule has 0 radical (unpaired) electrons. The molecule has 1 saturated carbocycles. The molecule has 6 nitrogen and oxygen atoms in total. The van der Waals surface area contributed by atoms with Crippen LogP contribution in [0, 0.1) is 18.7 Å². The highest BCUT2D eigenvalue weighted by Gasteiger charge is 2.29. The molecule has 7 heteroatoms. The molecule has 0 bridgehead atoms. The number of hydrogen-bond acceptors (Lipinski definition) is 4. The highest BCUT2D eigenvalue weighted by molar-refractivity contribution is 5.95. The van der Waals surface area contributed by atoms with Gasteiger partial charge in [-0.1, -0.05) is 36.4 Å². The fourth-order valence-electron chi connectivity index (χ4n) is 5.39. The summed E-state index contributed by atoms with van der Waals surface area (Å²) in [4.78, 5) is 25.8. The second kappa shape index (κ2) is 9.75. The van der Waals surface area contributed by atoms with E-state index in [4.69, 9.17) is 9.97 Å². The van der Waals surface area contributed by atoms with Crippen LogP contribution in [0.25, 0.3) is 22.3 Å². The van der Waals surface area contributed by atoms with Crippen molar-refractivity contribution >= 4 is 22.7 Å². The van der Waals surface area contributed by atoms with Gasteiger partial charge < -0.3 is 15.6 Å². The summed E-state index contributed by atoms with van der Waals surface area (Å²) < 4.78 is 14.1. The van der Waals surface area contributed by atoms with E-state index in [2.05, 4.69) is 33.8 Å². The van der Waals surface area contributed by atoms with Crippen LogP contribution in [0.2, 0.25) is 0 Å². The third-order valence-electron chi connectivity index (χ3n) is 7.55. The molecule has 3 aliphatic rings. The Morgan fingerprint density at radius 3 is 2.80 bits per heavy atom. The molecular formula is C33H28FN5O. The van der Waals surface area contributed by atoms with Crippen LogP contribution in [0.3, 0.4) is 0 Å². The zero-order valence-corrected chi connectivity index (χ0v) is 22.1. The van der Waals surface area contributed by atoms with Crippen molar-refractivity contribution in [1.29, 1.82) is 0 Å². The molecule has 2 aromatic carbocycles. The quantitative estimate of drug-likeness (QED) is 0.283. The van der Waals surface area contributed by atoms with E-state index in [-0.39, 0.29) is 17.6 Å². The number of rotatable bonds is 5. The summed E-state index contributed by atoms with van der Waals surface area (Å²) >= 11 is 0. The van der Waals surface area contributed by atoms with Gasteiger partial charge in [0.2, 0.25) is 5.91 Å². The van der Waals surface area contributed by atoms with Gasteiger partial charge in [0.15, 0.2) is 0 Å². The largest absolute Gasteiger partial charge is 0.385 e. The molecule has 7 rings (SSSR count). The summed E-state index contributed by atoms with van der Waals surface area (Å²) in [6.45, 7) is 2.65. The second-order valence-electron chi connectivity index (χ2n) is 10.6. The number of allylic oxidation sites excluding steroid dienone is 3. The molecule has 4 aromatic rings.